The lowest BCUT2D eigenvalue weighted by Gasteiger charge is -2.11. The van der Waals surface area contributed by atoms with Gasteiger partial charge < -0.3 is 8.98 Å². The van der Waals surface area contributed by atoms with Crippen LogP contribution in [0.2, 0.25) is 0 Å². The average Bonchev–Trinajstić information content (AvgIpc) is 3.20. The Bertz CT molecular complexity index is 923. The zero-order valence-electron chi connectivity index (χ0n) is 12.2. The molecule has 22 heavy (non-hydrogen) atoms. The lowest BCUT2D eigenvalue weighted by molar-refractivity contribution is 0.494. The lowest BCUT2D eigenvalue weighted by Crippen LogP contribution is -2.02. The normalized spacial score (nSPS) is 11.1. The summed E-state index contributed by atoms with van der Waals surface area (Å²) in [6.07, 6.45) is 7.31. The fraction of sp³-hybridized carbons (Fsp3) is 0.111. The van der Waals surface area contributed by atoms with Crippen molar-refractivity contribution in [2.24, 2.45) is 0 Å². The van der Waals surface area contributed by atoms with Crippen molar-refractivity contribution in [1.82, 2.24) is 14.5 Å². The molecule has 4 aromatic rings. The van der Waals surface area contributed by atoms with E-state index in [0.717, 1.165) is 28.1 Å². The van der Waals surface area contributed by atoms with Gasteiger partial charge in [-0.15, -0.1) is 0 Å². The van der Waals surface area contributed by atoms with Gasteiger partial charge in [0.1, 0.15) is 11.6 Å². The Morgan fingerprint density at radius 1 is 1.05 bits per heavy atom. The van der Waals surface area contributed by atoms with E-state index in [1.54, 1.807) is 6.26 Å². The Labute approximate surface area is 128 Å². The molecule has 0 saturated carbocycles. The fourth-order valence-corrected chi connectivity index (χ4v) is 2.79. The van der Waals surface area contributed by atoms with Crippen LogP contribution in [0.5, 0.6) is 0 Å². The van der Waals surface area contributed by atoms with Crippen LogP contribution in [0.4, 0.5) is 0 Å². The predicted molar refractivity (Wildman–Crippen MR) is 85.5 cm³/mol. The second-order valence-electron chi connectivity index (χ2n) is 5.29. The highest BCUT2D eigenvalue weighted by atomic mass is 16.3. The number of benzene rings is 1. The van der Waals surface area contributed by atoms with Crippen molar-refractivity contribution in [2.45, 2.75) is 13.5 Å². The first-order chi connectivity index (χ1) is 10.8. The van der Waals surface area contributed by atoms with Crippen LogP contribution in [-0.2, 0) is 6.54 Å². The maximum absolute atomic E-state index is 5.45. The van der Waals surface area contributed by atoms with Gasteiger partial charge in [0.25, 0.3) is 0 Å². The Morgan fingerprint density at radius 2 is 2.00 bits per heavy atom. The lowest BCUT2D eigenvalue weighted by atomic mass is 10.0. The first-order valence-electron chi connectivity index (χ1n) is 7.21. The van der Waals surface area contributed by atoms with Crippen molar-refractivity contribution in [1.29, 1.82) is 0 Å². The first kappa shape index (κ1) is 12.8. The molecule has 4 heteroatoms. The molecule has 0 radical (unpaired) electrons. The number of imidazole rings is 1. The minimum atomic E-state index is 0.665. The van der Waals surface area contributed by atoms with E-state index in [1.165, 1.54) is 5.56 Å². The molecule has 3 heterocycles. The molecule has 108 valence electrons. The van der Waals surface area contributed by atoms with Gasteiger partial charge in [-0.25, -0.2) is 4.98 Å². The van der Waals surface area contributed by atoms with Crippen molar-refractivity contribution in [3.63, 3.8) is 0 Å². The van der Waals surface area contributed by atoms with Crippen LogP contribution in [0, 0.1) is 6.92 Å². The summed E-state index contributed by atoms with van der Waals surface area (Å²) < 4.78 is 7.56. The van der Waals surface area contributed by atoms with Gasteiger partial charge in [0.15, 0.2) is 0 Å². The molecule has 0 aliphatic carbocycles. The minimum Gasteiger partial charge on any atom is -0.467 e. The zero-order valence-corrected chi connectivity index (χ0v) is 12.2. The van der Waals surface area contributed by atoms with Gasteiger partial charge in [0.05, 0.1) is 18.3 Å². The molecule has 4 nitrogen and oxygen atoms in total. The molecular formula is C18H15N3O. The van der Waals surface area contributed by atoms with Gasteiger partial charge >= 0.3 is 0 Å². The summed E-state index contributed by atoms with van der Waals surface area (Å²) in [7, 11) is 0. The second-order valence-corrected chi connectivity index (χ2v) is 5.29. The smallest absolute Gasteiger partial charge is 0.141 e. The molecule has 0 unspecified atom stereocenters. The van der Waals surface area contributed by atoms with Gasteiger partial charge in [-0.05, 0) is 36.8 Å². The third-order valence-electron chi connectivity index (χ3n) is 3.84. The number of hydrogen-bond donors (Lipinski definition) is 0. The summed E-state index contributed by atoms with van der Waals surface area (Å²) >= 11 is 0. The molecule has 4 rings (SSSR count). The van der Waals surface area contributed by atoms with E-state index in [9.17, 15) is 0 Å². The monoisotopic (exact) mass is 289 g/mol. The molecule has 0 amide bonds. The molecule has 1 aromatic carbocycles. The van der Waals surface area contributed by atoms with Crippen molar-refractivity contribution < 1.29 is 4.42 Å². The Kier molecular flexibility index (Phi) is 3.00. The van der Waals surface area contributed by atoms with E-state index in [-0.39, 0.29) is 0 Å². The first-order valence-corrected chi connectivity index (χ1v) is 7.21. The number of nitrogens with zero attached hydrogens (tertiary/aromatic N) is 3. The molecule has 0 aliphatic rings. The van der Waals surface area contributed by atoms with Crippen LogP contribution in [0.25, 0.3) is 22.3 Å². The number of aryl methyl sites for hydroxylation is 1. The molecular weight excluding hydrogens is 274 g/mol. The molecule has 0 spiro atoms. The van der Waals surface area contributed by atoms with Crippen LogP contribution >= 0.6 is 0 Å². The number of rotatable bonds is 3. The molecule has 0 N–H and O–H groups in total. The standard InChI is InChI=1S/C18H15N3O/c1-13-6-7-16-15(5-2-8-19-16)17(13)18-20-9-10-21(18)12-14-4-3-11-22-14/h2-11H,12H2,1H3. The SMILES string of the molecule is Cc1ccc2ncccc2c1-c1nccn1Cc1ccco1. The molecule has 0 saturated heterocycles. The largest absolute Gasteiger partial charge is 0.467 e. The maximum Gasteiger partial charge on any atom is 0.141 e. The zero-order chi connectivity index (χ0) is 14.9. The number of pyridine rings is 1. The van der Waals surface area contributed by atoms with Crippen LogP contribution < -0.4 is 0 Å². The summed E-state index contributed by atoms with van der Waals surface area (Å²) in [6.45, 7) is 2.77. The van der Waals surface area contributed by atoms with Crippen LogP contribution in [-0.4, -0.2) is 14.5 Å². The van der Waals surface area contributed by atoms with Gasteiger partial charge in [0.2, 0.25) is 0 Å². The van der Waals surface area contributed by atoms with Gasteiger partial charge in [-0.1, -0.05) is 12.1 Å². The molecule has 0 aliphatic heterocycles. The number of aromatic nitrogens is 3. The highest BCUT2D eigenvalue weighted by Crippen LogP contribution is 2.30. The van der Waals surface area contributed by atoms with E-state index in [0.29, 0.717) is 6.54 Å². The maximum atomic E-state index is 5.45. The topological polar surface area (TPSA) is 43.9 Å². The third-order valence-corrected chi connectivity index (χ3v) is 3.84. The van der Waals surface area contributed by atoms with Crippen LogP contribution in [0.3, 0.4) is 0 Å². The van der Waals surface area contributed by atoms with E-state index in [2.05, 4.69) is 33.6 Å². The minimum absolute atomic E-state index is 0.665. The van der Waals surface area contributed by atoms with Gasteiger partial charge in [-0.2, -0.15) is 0 Å². The summed E-state index contributed by atoms with van der Waals surface area (Å²) in [5, 5.41) is 1.12. The van der Waals surface area contributed by atoms with E-state index >= 15 is 0 Å². The van der Waals surface area contributed by atoms with E-state index in [1.807, 2.05) is 42.9 Å². The number of fused-ring (bicyclic) bond motifs is 1. The molecule has 0 bridgehead atoms. The Hall–Kier alpha value is -2.88. The van der Waals surface area contributed by atoms with Gasteiger partial charge in [0, 0.05) is 29.5 Å². The summed E-state index contributed by atoms with van der Waals surface area (Å²) in [5.41, 5.74) is 3.30. The molecule has 0 fully saturated rings. The molecule has 3 aromatic heterocycles. The highest BCUT2D eigenvalue weighted by molar-refractivity contribution is 5.94. The van der Waals surface area contributed by atoms with Crippen LogP contribution in [0.1, 0.15) is 11.3 Å². The van der Waals surface area contributed by atoms with Crippen molar-refractivity contribution in [2.75, 3.05) is 0 Å². The quantitative estimate of drug-likeness (QED) is 0.571. The van der Waals surface area contributed by atoms with Crippen molar-refractivity contribution >= 4 is 10.9 Å². The van der Waals surface area contributed by atoms with E-state index in [4.69, 9.17) is 4.42 Å². The summed E-state index contributed by atoms with van der Waals surface area (Å²) in [5.74, 6) is 1.85. The highest BCUT2D eigenvalue weighted by Gasteiger charge is 2.13. The Morgan fingerprint density at radius 3 is 2.86 bits per heavy atom. The fourth-order valence-electron chi connectivity index (χ4n) is 2.79. The summed E-state index contributed by atoms with van der Waals surface area (Å²) in [6, 6.07) is 12.1. The third kappa shape index (κ3) is 2.09. The van der Waals surface area contributed by atoms with Crippen molar-refractivity contribution in [3.8, 4) is 11.4 Å². The second kappa shape index (κ2) is 5.15. The van der Waals surface area contributed by atoms with Crippen LogP contribution in [0.15, 0.2) is 65.7 Å². The Balaban J connectivity index is 1.90. The summed E-state index contributed by atoms with van der Waals surface area (Å²) in [4.78, 5) is 9.01. The molecule has 0 atom stereocenters. The van der Waals surface area contributed by atoms with Gasteiger partial charge in [-0.3, -0.25) is 4.98 Å². The van der Waals surface area contributed by atoms with E-state index < -0.39 is 0 Å². The number of hydrogen-bond acceptors (Lipinski definition) is 3. The van der Waals surface area contributed by atoms with Crippen molar-refractivity contribution in [3.05, 3.63) is 72.6 Å². The predicted octanol–water partition coefficient (Wildman–Crippen LogP) is 4.05. The number of furan rings is 1. The average molecular weight is 289 g/mol.